The second kappa shape index (κ2) is 16.9. The van der Waals surface area contributed by atoms with Gasteiger partial charge in [0.2, 0.25) is 0 Å². The van der Waals surface area contributed by atoms with Crippen LogP contribution >= 0.6 is 11.6 Å². The number of hydrogen-bond donors (Lipinski definition) is 2. The van der Waals surface area contributed by atoms with Crippen molar-refractivity contribution in [1.29, 1.82) is 0 Å². The molecule has 5 saturated carbocycles. The first-order valence-electron chi connectivity index (χ1n) is 24.7. The third-order valence-corrected chi connectivity index (χ3v) is 21.6. The molecule has 0 aromatic heterocycles. The Morgan fingerprint density at radius 3 is 2.26 bits per heavy atom. The Hall–Kier alpha value is -2.96. The number of aliphatic carboxylic acids is 1. The molecule has 360 valence electrons. The Morgan fingerprint density at radius 2 is 1.60 bits per heavy atom. The van der Waals surface area contributed by atoms with Crippen LogP contribution in [0.25, 0.3) is 0 Å². The largest absolute Gasteiger partial charge is 0.491 e. The van der Waals surface area contributed by atoms with E-state index in [0.29, 0.717) is 80.2 Å². The highest BCUT2D eigenvalue weighted by Gasteiger charge is 2.70. The van der Waals surface area contributed by atoms with E-state index in [1.807, 2.05) is 13.8 Å². The van der Waals surface area contributed by atoms with Crippen molar-refractivity contribution in [3.63, 3.8) is 0 Å². The summed E-state index contributed by atoms with van der Waals surface area (Å²) in [6.07, 6.45) is 9.28. The second-order valence-electron chi connectivity index (χ2n) is 23.8. The molecule has 1 saturated heterocycles. The van der Waals surface area contributed by atoms with Gasteiger partial charge in [-0.2, -0.15) is 0 Å². The molecule has 0 radical (unpaired) electrons. The minimum atomic E-state index is -2.98. The van der Waals surface area contributed by atoms with E-state index in [1.54, 1.807) is 18.2 Å². The van der Waals surface area contributed by atoms with Gasteiger partial charge in [0, 0.05) is 48.5 Å². The Morgan fingerprint density at radius 1 is 0.892 bits per heavy atom. The van der Waals surface area contributed by atoms with Crippen LogP contribution < -0.4 is 10.1 Å². The van der Waals surface area contributed by atoms with Crippen molar-refractivity contribution in [1.82, 2.24) is 10.2 Å². The first-order valence-corrected chi connectivity index (χ1v) is 26.9. The number of ether oxygens (including phenoxy) is 2. The maximum absolute atomic E-state index is 14.3. The summed E-state index contributed by atoms with van der Waals surface area (Å²) in [5.41, 5.74) is 1.72. The van der Waals surface area contributed by atoms with Gasteiger partial charge in [-0.15, -0.1) is 0 Å². The predicted molar refractivity (Wildman–Crippen MR) is 251 cm³/mol. The molecule has 1 aromatic carbocycles. The fraction of sp³-hybridized carbons (Fsp3) is 0.769. The summed E-state index contributed by atoms with van der Waals surface area (Å²) in [7, 11) is -2.98. The molecule has 8 rings (SSSR count). The molecule has 2 N–H and O–H groups in total. The SMILES string of the molecule is CC(C)C1=C2[C@H]3CC[C@@H]4[C@@]5(C)CC[C@H](OC(=O)[C@H]6C[C@@H](C(=O)O)C6(C)C)C(C)(C)[C@@H]5CC[C@@]4(C)[C@]3(C)CC[C@@]2(CCNC(=O)c2ccc(Cl)cc2OCCN2CCS(=O)(=O)CC2)CC1=O. The van der Waals surface area contributed by atoms with Crippen molar-refractivity contribution < 1.29 is 42.2 Å². The second-order valence-corrected chi connectivity index (χ2v) is 26.5. The van der Waals surface area contributed by atoms with E-state index in [4.69, 9.17) is 21.1 Å². The number of carbonyl (C=O) groups excluding carboxylic acids is 3. The van der Waals surface area contributed by atoms with Gasteiger partial charge >= 0.3 is 11.9 Å². The van der Waals surface area contributed by atoms with Gasteiger partial charge in [-0.05, 0) is 133 Å². The van der Waals surface area contributed by atoms with E-state index in [2.05, 4.69) is 58.7 Å². The molecule has 1 amide bonds. The predicted octanol–water partition coefficient (Wildman–Crippen LogP) is 9.21. The molecule has 10 atom stereocenters. The maximum Gasteiger partial charge on any atom is 0.309 e. The summed E-state index contributed by atoms with van der Waals surface area (Å²) in [5.74, 6) is -0.0774. The molecule has 6 aliphatic carbocycles. The lowest BCUT2D eigenvalue weighted by Gasteiger charge is -2.72. The average molecular weight is 940 g/mol. The van der Waals surface area contributed by atoms with Crippen LogP contribution in [-0.4, -0.2) is 92.4 Å². The van der Waals surface area contributed by atoms with Gasteiger partial charge < -0.3 is 19.9 Å². The topological polar surface area (TPSA) is 156 Å². The van der Waals surface area contributed by atoms with Crippen LogP contribution in [0.3, 0.4) is 0 Å². The van der Waals surface area contributed by atoms with Crippen LogP contribution in [0.2, 0.25) is 5.02 Å². The molecule has 65 heavy (non-hydrogen) atoms. The molecule has 0 spiro atoms. The van der Waals surface area contributed by atoms with Crippen molar-refractivity contribution in [2.45, 2.75) is 139 Å². The smallest absolute Gasteiger partial charge is 0.309 e. The minimum Gasteiger partial charge on any atom is -0.491 e. The standard InChI is InChI=1S/C52H75ClN2O9S/c1-31(2)42-37(56)30-52(20-21-54-44(57)33-11-10-32(53)28-38(33)63-25-22-55-23-26-65(61,62)27-24-55)19-18-50(8)34(43(42)52)12-13-40-49(7)16-15-41(48(5,6)39(49)14-17-51(40,50)9)64-46(60)36-29-35(45(58)59)47(36,3)4/h10-11,28,31,34-36,39-41H,12-27,29-30H2,1-9H3,(H,54,57)(H,58,59)/t34-,35+,36-,39+,40-,41+,49+,50-,51-,52-/m1/s1. The third kappa shape index (κ3) is 8.00. The lowest BCUT2D eigenvalue weighted by Crippen LogP contribution is -2.66. The monoisotopic (exact) mass is 938 g/mol. The molecule has 7 aliphatic rings. The van der Waals surface area contributed by atoms with Crippen molar-refractivity contribution in [2.75, 3.05) is 44.3 Å². The Bertz CT molecular complexity index is 2240. The molecule has 0 unspecified atom stereocenters. The molecule has 1 aromatic rings. The number of carboxylic acids is 1. The lowest BCUT2D eigenvalue weighted by atomic mass is 9.33. The van der Waals surface area contributed by atoms with Gasteiger partial charge in [0.25, 0.3) is 5.91 Å². The van der Waals surface area contributed by atoms with E-state index < -0.39 is 33.1 Å². The third-order valence-electron chi connectivity index (χ3n) is 19.8. The number of nitrogens with zero attached hydrogens (tertiary/aromatic N) is 1. The number of halogens is 1. The first-order chi connectivity index (χ1) is 30.3. The number of carbonyl (C=O) groups is 4. The lowest BCUT2D eigenvalue weighted by molar-refractivity contribution is -0.236. The van der Waals surface area contributed by atoms with E-state index in [1.165, 1.54) is 5.57 Å². The maximum atomic E-state index is 14.3. The number of rotatable bonds is 12. The number of Topliss-reactive ketones (excluding diaryl/α,β-unsaturated/α-hetero) is 1. The molecular formula is C52H75ClN2O9S. The van der Waals surface area contributed by atoms with Crippen molar-refractivity contribution in [3.8, 4) is 5.75 Å². The molecule has 1 aliphatic heterocycles. The zero-order chi connectivity index (χ0) is 47.3. The zero-order valence-electron chi connectivity index (χ0n) is 40.4. The van der Waals surface area contributed by atoms with Crippen molar-refractivity contribution in [3.05, 3.63) is 39.9 Å². The molecule has 0 bridgehead atoms. The van der Waals surface area contributed by atoms with Crippen molar-refractivity contribution >= 4 is 45.1 Å². The Labute approximate surface area is 392 Å². The number of allylic oxidation sites excluding steroid dienone is 2. The molecule has 13 heteroatoms. The van der Waals surface area contributed by atoms with Crippen LogP contribution in [0.4, 0.5) is 0 Å². The minimum absolute atomic E-state index is 0.0152. The van der Waals surface area contributed by atoms with E-state index in [9.17, 15) is 32.7 Å². The van der Waals surface area contributed by atoms with Gasteiger partial charge in [0.05, 0.1) is 28.9 Å². The average Bonchev–Trinajstić information content (AvgIpc) is 3.51. The first kappa shape index (κ1) is 48.5. The molecule has 1 heterocycles. The summed E-state index contributed by atoms with van der Waals surface area (Å²) in [4.78, 5) is 55.7. The van der Waals surface area contributed by atoms with Crippen LogP contribution in [0, 0.1) is 68.0 Å². The van der Waals surface area contributed by atoms with Crippen LogP contribution in [0.5, 0.6) is 5.75 Å². The highest BCUT2D eigenvalue weighted by Crippen LogP contribution is 2.77. The number of ketones is 1. The van der Waals surface area contributed by atoms with Gasteiger partial charge in [0.15, 0.2) is 15.6 Å². The zero-order valence-corrected chi connectivity index (χ0v) is 42.0. The van der Waals surface area contributed by atoms with Crippen LogP contribution in [0.1, 0.15) is 143 Å². The Balaban J connectivity index is 0.965. The number of esters is 1. The van der Waals surface area contributed by atoms with E-state index in [-0.39, 0.29) is 74.2 Å². The van der Waals surface area contributed by atoms with Crippen LogP contribution in [0.15, 0.2) is 29.3 Å². The Kier molecular flexibility index (Phi) is 12.6. The molecule has 11 nitrogen and oxygen atoms in total. The van der Waals surface area contributed by atoms with Crippen molar-refractivity contribution in [2.24, 2.45) is 68.0 Å². The summed E-state index contributed by atoms with van der Waals surface area (Å²) in [5, 5.41) is 13.4. The number of sulfone groups is 1. The highest BCUT2D eigenvalue weighted by molar-refractivity contribution is 7.91. The van der Waals surface area contributed by atoms with E-state index >= 15 is 0 Å². The van der Waals surface area contributed by atoms with Gasteiger partial charge in [0.1, 0.15) is 18.5 Å². The van der Waals surface area contributed by atoms with Crippen LogP contribution in [-0.2, 0) is 29.0 Å². The summed E-state index contributed by atoms with van der Waals surface area (Å²) in [6.45, 7) is 22.6. The van der Waals surface area contributed by atoms with Gasteiger partial charge in [-0.3, -0.25) is 24.1 Å². The normalized spacial score (nSPS) is 38.1. The summed E-state index contributed by atoms with van der Waals surface area (Å²) >= 11 is 6.37. The number of hydrogen-bond acceptors (Lipinski definition) is 9. The number of nitrogens with one attached hydrogen (secondary N) is 1. The summed E-state index contributed by atoms with van der Waals surface area (Å²) < 4.78 is 36.3. The number of carboxylic acid groups (broad SMARTS) is 1. The fourth-order valence-corrected chi connectivity index (χ4v) is 17.2. The van der Waals surface area contributed by atoms with Gasteiger partial charge in [-0.1, -0.05) is 79.5 Å². The number of fused-ring (bicyclic) bond motifs is 7. The van der Waals surface area contributed by atoms with Gasteiger partial charge in [-0.25, -0.2) is 8.42 Å². The number of amides is 1. The molecular weight excluding hydrogens is 864 g/mol. The quantitative estimate of drug-likeness (QED) is 0.194. The fourth-order valence-electron chi connectivity index (χ4n) is 15.8. The van der Waals surface area contributed by atoms with E-state index in [0.717, 1.165) is 56.9 Å². The number of benzene rings is 1. The highest BCUT2D eigenvalue weighted by atomic mass is 35.5. The summed E-state index contributed by atoms with van der Waals surface area (Å²) in [6, 6.07) is 5.03. The molecule has 6 fully saturated rings.